The third kappa shape index (κ3) is 6.99. The van der Waals surface area contributed by atoms with Gasteiger partial charge in [-0.25, -0.2) is 9.86 Å². The van der Waals surface area contributed by atoms with E-state index in [1.165, 1.54) is 18.2 Å². The Morgan fingerprint density at radius 1 is 1.39 bits per heavy atom. The first-order valence-electron chi connectivity index (χ1n) is 8.82. The standard InChI is InChI=1S/C19H26N2O7/c1-4-6-7-11-27-19(26)20(9-5-2)15(12-17(23)24)16(22)13-28-21-10-8-14(3)18(21)25/h4-7,14-15H,1-2,8-13H2,3H3,(H,23,24). The number of carbonyl (C=O) groups is 4. The molecule has 0 aromatic rings. The molecule has 9 nitrogen and oxygen atoms in total. The highest BCUT2D eigenvalue weighted by molar-refractivity contribution is 5.91. The van der Waals surface area contributed by atoms with E-state index in [0.717, 1.165) is 9.96 Å². The van der Waals surface area contributed by atoms with E-state index in [0.29, 0.717) is 13.0 Å². The number of carboxylic acids is 1. The highest BCUT2D eigenvalue weighted by Gasteiger charge is 2.34. The first-order valence-corrected chi connectivity index (χ1v) is 8.82. The molecule has 1 rings (SSSR count). The fourth-order valence-electron chi connectivity index (χ4n) is 2.54. The predicted molar refractivity (Wildman–Crippen MR) is 100 cm³/mol. The van der Waals surface area contributed by atoms with E-state index in [2.05, 4.69) is 13.2 Å². The number of hydrogen-bond acceptors (Lipinski definition) is 6. The molecule has 154 valence electrons. The highest BCUT2D eigenvalue weighted by atomic mass is 16.7. The molecule has 2 unspecified atom stereocenters. The Hall–Kier alpha value is -2.94. The summed E-state index contributed by atoms with van der Waals surface area (Å²) in [4.78, 5) is 54.2. The first-order chi connectivity index (χ1) is 13.3. The van der Waals surface area contributed by atoms with Crippen molar-refractivity contribution in [2.75, 3.05) is 26.3 Å². The van der Waals surface area contributed by atoms with Gasteiger partial charge in [-0.2, -0.15) is 0 Å². The van der Waals surface area contributed by atoms with Crippen LogP contribution in [0.1, 0.15) is 19.8 Å². The molecule has 0 spiro atoms. The average molecular weight is 394 g/mol. The van der Waals surface area contributed by atoms with Gasteiger partial charge < -0.3 is 9.84 Å². The molecule has 0 radical (unpaired) electrons. The minimum atomic E-state index is -1.32. The van der Waals surface area contributed by atoms with Gasteiger partial charge in [0.05, 0.1) is 6.42 Å². The molecule has 9 heteroatoms. The molecule has 2 amide bonds. The summed E-state index contributed by atoms with van der Waals surface area (Å²) in [6.07, 6.45) is 5.09. The lowest BCUT2D eigenvalue weighted by molar-refractivity contribution is -0.182. The molecule has 1 heterocycles. The number of ketones is 1. The summed E-state index contributed by atoms with van der Waals surface area (Å²) < 4.78 is 5.03. The van der Waals surface area contributed by atoms with Crippen LogP contribution < -0.4 is 0 Å². The van der Waals surface area contributed by atoms with Gasteiger partial charge in [0.1, 0.15) is 19.3 Å². The van der Waals surface area contributed by atoms with Crippen LogP contribution in [0.2, 0.25) is 0 Å². The van der Waals surface area contributed by atoms with Gasteiger partial charge in [0, 0.05) is 19.0 Å². The highest BCUT2D eigenvalue weighted by Crippen LogP contribution is 2.18. The van der Waals surface area contributed by atoms with Crippen molar-refractivity contribution in [2.24, 2.45) is 5.92 Å². The van der Waals surface area contributed by atoms with Crippen LogP contribution >= 0.6 is 0 Å². The number of amides is 2. The summed E-state index contributed by atoms with van der Waals surface area (Å²) >= 11 is 0. The summed E-state index contributed by atoms with van der Waals surface area (Å²) in [6, 6.07) is -1.32. The van der Waals surface area contributed by atoms with Crippen molar-refractivity contribution in [2.45, 2.75) is 25.8 Å². The lowest BCUT2D eigenvalue weighted by Gasteiger charge is -2.28. The number of allylic oxidation sites excluding steroid dienone is 2. The van der Waals surface area contributed by atoms with E-state index in [1.807, 2.05) is 0 Å². The van der Waals surface area contributed by atoms with Crippen molar-refractivity contribution < 1.29 is 33.9 Å². The van der Waals surface area contributed by atoms with E-state index in [4.69, 9.17) is 14.7 Å². The SMILES string of the molecule is C=CC=CCOC(=O)N(CC=C)C(CC(=O)O)C(=O)CON1CCC(C)C1=O. The van der Waals surface area contributed by atoms with Gasteiger partial charge in [-0.15, -0.1) is 6.58 Å². The number of nitrogens with zero attached hydrogens (tertiary/aromatic N) is 2. The quantitative estimate of drug-likeness (QED) is 0.395. The van der Waals surface area contributed by atoms with Crippen LogP contribution in [0.15, 0.2) is 37.5 Å². The minimum Gasteiger partial charge on any atom is -0.481 e. The molecule has 1 saturated heterocycles. The molecule has 0 saturated carbocycles. The molecule has 2 atom stereocenters. The van der Waals surface area contributed by atoms with Gasteiger partial charge in [-0.05, 0) is 12.5 Å². The van der Waals surface area contributed by atoms with E-state index in [-0.39, 0.29) is 25.0 Å². The zero-order valence-corrected chi connectivity index (χ0v) is 15.9. The average Bonchev–Trinajstić information content (AvgIpc) is 2.97. The topological polar surface area (TPSA) is 113 Å². The van der Waals surface area contributed by atoms with Crippen LogP contribution in [0, 0.1) is 5.92 Å². The molecule has 28 heavy (non-hydrogen) atoms. The van der Waals surface area contributed by atoms with Crippen molar-refractivity contribution >= 4 is 23.8 Å². The zero-order chi connectivity index (χ0) is 21.1. The van der Waals surface area contributed by atoms with Crippen molar-refractivity contribution in [3.63, 3.8) is 0 Å². The maximum absolute atomic E-state index is 12.6. The maximum atomic E-state index is 12.6. The molecular weight excluding hydrogens is 368 g/mol. The van der Waals surface area contributed by atoms with Crippen molar-refractivity contribution in [1.82, 2.24) is 9.96 Å². The lowest BCUT2D eigenvalue weighted by atomic mass is 10.1. The van der Waals surface area contributed by atoms with Crippen LogP contribution in [0.3, 0.4) is 0 Å². The first kappa shape index (κ1) is 23.1. The maximum Gasteiger partial charge on any atom is 0.410 e. The Balaban J connectivity index is 2.83. The fraction of sp³-hybridized carbons (Fsp3) is 0.474. The number of hydrogen-bond donors (Lipinski definition) is 1. The predicted octanol–water partition coefficient (Wildman–Crippen LogP) is 1.57. The Morgan fingerprint density at radius 2 is 2.11 bits per heavy atom. The number of carbonyl (C=O) groups excluding carboxylic acids is 3. The molecule has 0 bridgehead atoms. The smallest absolute Gasteiger partial charge is 0.410 e. The van der Waals surface area contributed by atoms with Gasteiger partial charge in [0.15, 0.2) is 5.78 Å². The molecule has 0 aromatic heterocycles. The van der Waals surface area contributed by atoms with Crippen molar-refractivity contribution in [3.8, 4) is 0 Å². The van der Waals surface area contributed by atoms with Crippen molar-refractivity contribution in [1.29, 1.82) is 0 Å². The third-order valence-corrected chi connectivity index (χ3v) is 4.05. The molecular formula is C19H26N2O7. The normalized spacial score (nSPS) is 17.4. The monoisotopic (exact) mass is 394 g/mol. The Labute approximate surface area is 163 Å². The van der Waals surface area contributed by atoms with E-state index in [1.54, 1.807) is 13.0 Å². The van der Waals surface area contributed by atoms with Gasteiger partial charge in [-0.1, -0.05) is 31.7 Å². The summed E-state index contributed by atoms with van der Waals surface area (Å²) in [6.45, 7) is 8.42. The largest absolute Gasteiger partial charge is 0.481 e. The van der Waals surface area contributed by atoms with Gasteiger partial charge in [0.25, 0.3) is 0 Å². The second-order valence-corrected chi connectivity index (χ2v) is 6.17. The molecule has 0 aliphatic carbocycles. The summed E-state index contributed by atoms with van der Waals surface area (Å²) in [5.74, 6) is -2.35. The fourth-order valence-corrected chi connectivity index (χ4v) is 2.54. The summed E-state index contributed by atoms with van der Waals surface area (Å²) in [5.41, 5.74) is 0. The second kappa shape index (κ2) is 11.7. The number of ether oxygens (including phenoxy) is 1. The zero-order valence-electron chi connectivity index (χ0n) is 15.9. The summed E-state index contributed by atoms with van der Waals surface area (Å²) in [7, 11) is 0. The third-order valence-electron chi connectivity index (χ3n) is 4.05. The van der Waals surface area contributed by atoms with Crippen LogP contribution in [0.4, 0.5) is 4.79 Å². The van der Waals surface area contributed by atoms with Crippen LogP contribution in [0.5, 0.6) is 0 Å². The van der Waals surface area contributed by atoms with Gasteiger partial charge in [-0.3, -0.25) is 24.1 Å². The lowest BCUT2D eigenvalue weighted by Crippen LogP contribution is -2.48. The van der Waals surface area contributed by atoms with E-state index in [9.17, 15) is 19.2 Å². The van der Waals surface area contributed by atoms with Crippen molar-refractivity contribution in [3.05, 3.63) is 37.5 Å². The van der Waals surface area contributed by atoms with Crippen LogP contribution in [0.25, 0.3) is 0 Å². The Bertz CT molecular complexity index is 644. The van der Waals surface area contributed by atoms with Gasteiger partial charge in [0.2, 0.25) is 5.91 Å². The van der Waals surface area contributed by atoms with Gasteiger partial charge >= 0.3 is 12.1 Å². The second-order valence-electron chi connectivity index (χ2n) is 6.17. The number of aliphatic carboxylic acids is 1. The van der Waals surface area contributed by atoms with Crippen LogP contribution in [-0.4, -0.2) is 71.2 Å². The Morgan fingerprint density at radius 3 is 2.64 bits per heavy atom. The Kier molecular flexibility index (Phi) is 9.66. The number of Topliss-reactive ketones (excluding diaryl/α,β-unsaturated/α-hetero) is 1. The molecule has 0 aromatic carbocycles. The minimum absolute atomic E-state index is 0.0663. The van der Waals surface area contributed by atoms with E-state index >= 15 is 0 Å². The molecule has 1 aliphatic rings. The summed E-state index contributed by atoms with van der Waals surface area (Å²) in [5, 5.41) is 10.2. The number of rotatable bonds is 12. The number of hydroxylamine groups is 2. The molecule has 1 N–H and O–H groups in total. The van der Waals surface area contributed by atoms with Crippen LogP contribution in [-0.2, 0) is 24.0 Å². The molecule has 1 fully saturated rings. The number of carboxylic acid groups (broad SMARTS) is 1. The molecule has 1 aliphatic heterocycles. The van der Waals surface area contributed by atoms with E-state index < -0.39 is 36.9 Å².